The fourth-order valence-electron chi connectivity index (χ4n) is 2.24. The van der Waals surface area contributed by atoms with E-state index in [0.717, 1.165) is 11.6 Å². The van der Waals surface area contributed by atoms with Crippen molar-refractivity contribution in [1.82, 2.24) is 4.98 Å². The molecule has 0 amide bonds. The van der Waals surface area contributed by atoms with Crippen LogP contribution in [0, 0.1) is 0 Å². The fraction of sp³-hybridized carbons (Fsp3) is 0.294. The number of anilines is 1. The third-order valence-electron chi connectivity index (χ3n) is 3.69. The van der Waals surface area contributed by atoms with E-state index < -0.39 is 16.0 Å². The largest absolute Gasteiger partial charge is 0.496 e. The molecule has 0 aliphatic heterocycles. The van der Waals surface area contributed by atoms with E-state index in [9.17, 15) is 18.3 Å². The number of rotatable bonds is 7. The van der Waals surface area contributed by atoms with Gasteiger partial charge in [0.05, 0.1) is 19.1 Å². The topological polar surface area (TPSA) is 115 Å². The molecule has 0 spiro atoms. The van der Waals surface area contributed by atoms with Crippen molar-refractivity contribution >= 4 is 21.7 Å². The van der Waals surface area contributed by atoms with Crippen molar-refractivity contribution in [3.8, 4) is 11.6 Å². The standard InChI is InChI=1S/C17H20N2O6S/c1-10(2)11-7-14(16(25-4)18-9-11)19-26(22,23)12-5-6-15(24-3)13(8-12)17(20)21/h5-10,19H,1-4H3,(H,20,21). The maximum absolute atomic E-state index is 12.7. The second kappa shape index (κ2) is 7.61. The molecule has 1 aromatic heterocycles. The summed E-state index contributed by atoms with van der Waals surface area (Å²) in [7, 11) is -1.37. The number of ether oxygens (including phenoxy) is 2. The van der Waals surface area contributed by atoms with Crippen LogP contribution >= 0.6 is 0 Å². The maximum atomic E-state index is 12.7. The summed E-state index contributed by atoms with van der Waals surface area (Å²) in [5.74, 6) is -0.973. The van der Waals surface area contributed by atoms with Gasteiger partial charge in [-0.1, -0.05) is 13.8 Å². The predicted octanol–water partition coefficient (Wildman–Crippen LogP) is 2.72. The molecule has 0 atom stereocenters. The van der Waals surface area contributed by atoms with Crippen LogP contribution in [0.4, 0.5) is 5.69 Å². The van der Waals surface area contributed by atoms with Crippen LogP contribution < -0.4 is 14.2 Å². The van der Waals surface area contributed by atoms with Crippen LogP contribution in [0.25, 0.3) is 0 Å². The first kappa shape index (κ1) is 19.5. The minimum absolute atomic E-state index is 0.0671. The number of hydrogen-bond donors (Lipinski definition) is 2. The highest BCUT2D eigenvalue weighted by Crippen LogP contribution is 2.29. The van der Waals surface area contributed by atoms with Gasteiger partial charge in [0.1, 0.15) is 17.0 Å². The molecule has 8 nitrogen and oxygen atoms in total. The second-order valence-corrected chi connectivity index (χ2v) is 7.44. The minimum Gasteiger partial charge on any atom is -0.496 e. The Hall–Kier alpha value is -2.81. The Bertz CT molecular complexity index is 925. The van der Waals surface area contributed by atoms with E-state index in [-0.39, 0.29) is 33.7 Å². The lowest BCUT2D eigenvalue weighted by Gasteiger charge is -2.14. The van der Waals surface area contributed by atoms with E-state index in [1.54, 1.807) is 12.3 Å². The Morgan fingerprint density at radius 3 is 2.42 bits per heavy atom. The van der Waals surface area contributed by atoms with Crippen LogP contribution in [-0.4, -0.2) is 38.7 Å². The first-order chi connectivity index (χ1) is 12.2. The molecular weight excluding hydrogens is 360 g/mol. The summed E-state index contributed by atoms with van der Waals surface area (Å²) in [6.07, 6.45) is 1.61. The monoisotopic (exact) mass is 380 g/mol. The number of nitrogens with zero attached hydrogens (tertiary/aromatic N) is 1. The zero-order valence-corrected chi connectivity index (χ0v) is 15.6. The van der Waals surface area contributed by atoms with Crippen molar-refractivity contribution in [2.75, 3.05) is 18.9 Å². The van der Waals surface area contributed by atoms with Crippen LogP contribution in [0.2, 0.25) is 0 Å². The van der Waals surface area contributed by atoms with E-state index in [4.69, 9.17) is 9.47 Å². The summed E-state index contributed by atoms with van der Waals surface area (Å²) in [6, 6.07) is 5.23. The van der Waals surface area contributed by atoms with Gasteiger partial charge in [0, 0.05) is 6.20 Å². The summed E-state index contributed by atoms with van der Waals surface area (Å²) in [5.41, 5.74) is 0.743. The molecule has 2 rings (SSSR count). The summed E-state index contributed by atoms with van der Waals surface area (Å²) >= 11 is 0. The van der Waals surface area contributed by atoms with E-state index in [1.165, 1.54) is 26.4 Å². The number of methoxy groups -OCH3 is 2. The molecule has 0 fully saturated rings. The van der Waals surface area contributed by atoms with Crippen LogP contribution in [0.1, 0.15) is 35.7 Å². The zero-order chi connectivity index (χ0) is 19.5. The summed E-state index contributed by atoms with van der Waals surface area (Å²) in [4.78, 5) is 15.2. The number of hydrogen-bond acceptors (Lipinski definition) is 6. The van der Waals surface area contributed by atoms with Crippen molar-refractivity contribution in [1.29, 1.82) is 0 Å². The van der Waals surface area contributed by atoms with Crippen molar-refractivity contribution in [3.05, 3.63) is 41.6 Å². The molecule has 0 aliphatic rings. The Morgan fingerprint density at radius 1 is 1.19 bits per heavy atom. The number of sulfonamides is 1. The van der Waals surface area contributed by atoms with Gasteiger partial charge in [-0.2, -0.15) is 0 Å². The Kier molecular flexibility index (Phi) is 5.71. The molecule has 0 radical (unpaired) electrons. The summed E-state index contributed by atoms with van der Waals surface area (Å²) in [6.45, 7) is 3.90. The highest BCUT2D eigenvalue weighted by atomic mass is 32.2. The van der Waals surface area contributed by atoms with Crippen LogP contribution in [0.3, 0.4) is 0 Å². The van der Waals surface area contributed by atoms with Crippen molar-refractivity contribution in [2.24, 2.45) is 0 Å². The molecular formula is C17H20N2O6S. The molecule has 1 aromatic carbocycles. The molecule has 0 unspecified atom stereocenters. The van der Waals surface area contributed by atoms with Crippen LogP contribution in [0.5, 0.6) is 11.6 Å². The number of aromatic nitrogens is 1. The normalized spacial score (nSPS) is 11.3. The van der Waals surface area contributed by atoms with E-state index in [0.29, 0.717) is 0 Å². The molecule has 1 heterocycles. The number of carboxylic acids is 1. The third kappa shape index (κ3) is 4.05. The van der Waals surface area contributed by atoms with Gasteiger partial charge in [0.25, 0.3) is 10.0 Å². The first-order valence-electron chi connectivity index (χ1n) is 7.67. The molecule has 140 valence electrons. The lowest BCUT2D eigenvalue weighted by atomic mass is 10.1. The van der Waals surface area contributed by atoms with Gasteiger partial charge < -0.3 is 14.6 Å². The number of aromatic carboxylic acids is 1. The number of carboxylic acid groups (broad SMARTS) is 1. The van der Waals surface area contributed by atoms with Gasteiger partial charge in [-0.15, -0.1) is 0 Å². The van der Waals surface area contributed by atoms with Gasteiger partial charge in [-0.3, -0.25) is 4.72 Å². The second-order valence-electron chi connectivity index (χ2n) is 5.75. The van der Waals surface area contributed by atoms with Crippen molar-refractivity contribution in [3.63, 3.8) is 0 Å². The minimum atomic E-state index is -4.06. The molecule has 0 bridgehead atoms. The zero-order valence-electron chi connectivity index (χ0n) is 14.8. The summed E-state index contributed by atoms with van der Waals surface area (Å²) in [5, 5.41) is 9.23. The van der Waals surface area contributed by atoms with Crippen molar-refractivity contribution in [2.45, 2.75) is 24.7 Å². The van der Waals surface area contributed by atoms with Crippen molar-refractivity contribution < 1.29 is 27.8 Å². The van der Waals surface area contributed by atoms with E-state index in [1.807, 2.05) is 13.8 Å². The van der Waals surface area contributed by atoms with Gasteiger partial charge >= 0.3 is 5.97 Å². The fourth-order valence-corrected chi connectivity index (χ4v) is 3.32. The molecule has 2 N–H and O–H groups in total. The SMILES string of the molecule is COc1ccc(S(=O)(=O)Nc2cc(C(C)C)cnc2OC)cc1C(=O)O. The Labute approximate surface area is 151 Å². The lowest BCUT2D eigenvalue weighted by molar-refractivity contribution is 0.0693. The third-order valence-corrected chi connectivity index (χ3v) is 5.05. The van der Waals surface area contributed by atoms with Crippen LogP contribution in [0.15, 0.2) is 35.4 Å². The average Bonchev–Trinajstić information content (AvgIpc) is 2.60. The smallest absolute Gasteiger partial charge is 0.339 e. The Balaban J connectivity index is 2.48. The average molecular weight is 380 g/mol. The molecule has 0 saturated heterocycles. The highest BCUT2D eigenvalue weighted by molar-refractivity contribution is 7.92. The van der Waals surface area contributed by atoms with E-state index in [2.05, 4.69) is 9.71 Å². The number of pyridine rings is 1. The summed E-state index contributed by atoms with van der Waals surface area (Å²) < 4.78 is 37.9. The quantitative estimate of drug-likeness (QED) is 0.759. The van der Waals surface area contributed by atoms with E-state index >= 15 is 0 Å². The van der Waals surface area contributed by atoms with Gasteiger partial charge in [-0.25, -0.2) is 18.2 Å². The molecule has 2 aromatic rings. The number of nitrogens with one attached hydrogen (secondary N) is 1. The highest BCUT2D eigenvalue weighted by Gasteiger charge is 2.21. The number of benzene rings is 1. The Morgan fingerprint density at radius 2 is 1.88 bits per heavy atom. The number of carbonyl (C=O) groups is 1. The molecule has 9 heteroatoms. The lowest BCUT2D eigenvalue weighted by Crippen LogP contribution is -2.15. The molecule has 0 aliphatic carbocycles. The molecule has 0 saturated carbocycles. The van der Waals surface area contributed by atoms with Gasteiger partial charge in [-0.05, 0) is 35.7 Å². The predicted molar refractivity (Wildman–Crippen MR) is 95.6 cm³/mol. The van der Waals surface area contributed by atoms with Gasteiger partial charge in [0.2, 0.25) is 5.88 Å². The van der Waals surface area contributed by atoms with Gasteiger partial charge in [0.15, 0.2) is 0 Å². The molecule has 26 heavy (non-hydrogen) atoms. The maximum Gasteiger partial charge on any atom is 0.339 e. The first-order valence-corrected chi connectivity index (χ1v) is 9.16. The van der Waals surface area contributed by atoms with Crippen LogP contribution in [-0.2, 0) is 10.0 Å².